The van der Waals surface area contributed by atoms with Gasteiger partial charge in [0.1, 0.15) is 12.6 Å². The fraction of sp³-hybridized carbons (Fsp3) is 0.391. The van der Waals surface area contributed by atoms with Crippen molar-refractivity contribution < 1.29 is 18.0 Å². The van der Waals surface area contributed by atoms with Crippen molar-refractivity contribution in [1.82, 2.24) is 10.2 Å². The number of nitrogens with one attached hydrogen (secondary N) is 1. The first-order chi connectivity index (χ1) is 15.0. The summed E-state index contributed by atoms with van der Waals surface area (Å²) in [6.07, 6.45) is 1.81. The molecule has 0 heterocycles. The maximum Gasteiger partial charge on any atom is 0.244 e. The molecule has 0 fully saturated rings. The van der Waals surface area contributed by atoms with Crippen molar-refractivity contribution in [3.8, 4) is 0 Å². The second-order valence-corrected chi connectivity index (χ2v) is 10.0. The number of hydrogen-bond acceptors (Lipinski definition) is 4. The van der Waals surface area contributed by atoms with Crippen molar-refractivity contribution in [3.05, 3.63) is 64.7 Å². The predicted octanol–water partition coefficient (Wildman–Crippen LogP) is 3.36. The number of sulfonamides is 1. The van der Waals surface area contributed by atoms with Crippen molar-refractivity contribution in [2.75, 3.05) is 23.7 Å². The van der Waals surface area contributed by atoms with Gasteiger partial charge >= 0.3 is 0 Å². The molecular formula is C23H30ClN3O4S. The van der Waals surface area contributed by atoms with E-state index in [-0.39, 0.29) is 12.5 Å². The van der Waals surface area contributed by atoms with E-state index in [0.717, 1.165) is 28.1 Å². The first-order valence-corrected chi connectivity index (χ1v) is 12.6. The van der Waals surface area contributed by atoms with Gasteiger partial charge in [-0.25, -0.2) is 8.42 Å². The first-order valence-electron chi connectivity index (χ1n) is 10.4. The summed E-state index contributed by atoms with van der Waals surface area (Å²) in [6.45, 7) is 5.76. The Balaban J connectivity index is 2.37. The van der Waals surface area contributed by atoms with Gasteiger partial charge in [0.15, 0.2) is 0 Å². The van der Waals surface area contributed by atoms with E-state index >= 15 is 0 Å². The quantitative estimate of drug-likeness (QED) is 0.566. The number of carbonyl (C=O) groups excluding carboxylic acids is 2. The van der Waals surface area contributed by atoms with Gasteiger partial charge in [-0.2, -0.15) is 0 Å². The van der Waals surface area contributed by atoms with Crippen LogP contribution >= 0.6 is 11.6 Å². The summed E-state index contributed by atoms with van der Waals surface area (Å²) >= 11 is 5.92. The van der Waals surface area contributed by atoms with E-state index in [1.807, 2.05) is 38.1 Å². The van der Waals surface area contributed by atoms with Crippen LogP contribution in [0.25, 0.3) is 0 Å². The topological polar surface area (TPSA) is 86.8 Å². The molecule has 0 aromatic heterocycles. The summed E-state index contributed by atoms with van der Waals surface area (Å²) in [5.74, 6) is -0.765. The third-order valence-corrected chi connectivity index (χ3v) is 6.50. The van der Waals surface area contributed by atoms with Crippen LogP contribution in [0.5, 0.6) is 0 Å². The predicted molar refractivity (Wildman–Crippen MR) is 128 cm³/mol. The molecule has 1 N–H and O–H groups in total. The van der Waals surface area contributed by atoms with Crippen molar-refractivity contribution >= 4 is 39.1 Å². The Hall–Kier alpha value is -2.58. The molecule has 2 rings (SSSR count). The lowest BCUT2D eigenvalue weighted by Gasteiger charge is -2.31. The zero-order chi connectivity index (χ0) is 23.9. The fourth-order valence-corrected chi connectivity index (χ4v) is 4.15. The van der Waals surface area contributed by atoms with Crippen LogP contribution < -0.4 is 9.62 Å². The van der Waals surface area contributed by atoms with Gasteiger partial charge in [-0.3, -0.25) is 13.9 Å². The summed E-state index contributed by atoms with van der Waals surface area (Å²) in [4.78, 5) is 27.5. The molecule has 9 heteroatoms. The van der Waals surface area contributed by atoms with Gasteiger partial charge in [-0.1, -0.05) is 42.8 Å². The average molecular weight is 480 g/mol. The summed E-state index contributed by atoms with van der Waals surface area (Å²) < 4.78 is 26.0. The highest BCUT2D eigenvalue weighted by atomic mass is 35.5. The van der Waals surface area contributed by atoms with Crippen molar-refractivity contribution in [1.29, 1.82) is 0 Å². The Labute approximate surface area is 195 Å². The Morgan fingerprint density at radius 2 is 1.72 bits per heavy atom. The Morgan fingerprint density at radius 1 is 1.09 bits per heavy atom. The van der Waals surface area contributed by atoms with Gasteiger partial charge in [0.05, 0.1) is 11.9 Å². The van der Waals surface area contributed by atoms with Crippen LogP contribution in [0.1, 0.15) is 31.4 Å². The molecule has 0 aliphatic rings. The highest BCUT2D eigenvalue weighted by molar-refractivity contribution is 7.92. The Bertz CT molecular complexity index is 1040. The van der Waals surface area contributed by atoms with Crippen LogP contribution in [-0.2, 0) is 26.2 Å². The number of anilines is 1. The number of benzene rings is 2. The van der Waals surface area contributed by atoms with Crippen molar-refractivity contribution in [2.24, 2.45) is 0 Å². The van der Waals surface area contributed by atoms with Gasteiger partial charge in [0.25, 0.3) is 0 Å². The summed E-state index contributed by atoms with van der Waals surface area (Å²) in [7, 11) is -3.76. The number of nitrogens with zero attached hydrogens (tertiary/aromatic N) is 2. The molecule has 0 aliphatic carbocycles. The van der Waals surface area contributed by atoms with Gasteiger partial charge < -0.3 is 10.2 Å². The van der Waals surface area contributed by atoms with E-state index in [9.17, 15) is 18.0 Å². The number of carbonyl (C=O) groups is 2. The molecule has 174 valence electrons. The number of amides is 2. The highest BCUT2D eigenvalue weighted by Crippen LogP contribution is 2.21. The second-order valence-electron chi connectivity index (χ2n) is 7.66. The van der Waals surface area contributed by atoms with Crippen LogP contribution in [-0.4, -0.2) is 50.5 Å². The lowest BCUT2D eigenvalue weighted by Crippen LogP contribution is -2.51. The van der Waals surface area contributed by atoms with E-state index in [1.165, 1.54) is 4.90 Å². The monoisotopic (exact) mass is 479 g/mol. The zero-order valence-electron chi connectivity index (χ0n) is 18.8. The maximum atomic E-state index is 13.4. The van der Waals surface area contributed by atoms with Gasteiger partial charge in [-0.15, -0.1) is 0 Å². The van der Waals surface area contributed by atoms with Gasteiger partial charge in [0.2, 0.25) is 21.8 Å². The van der Waals surface area contributed by atoms with Crippen LogP contribution in [0.15, 0.2) is 48.5 Å². The summed E-state index contributed by atoms with van der Waals surface area (Å²) in [5.41, 5.74) is 2.18. The number of rotatable bonds is 10. The number of halogens is 1. The second kappa shape index (κ2) is 11.3. The molecule has 0 bridgehead atoms. The minimum atomic E-state index is -3.76. The molecule has 0 saturated carbocycles. The molecule has 0 aliphatic heterocycles. The molecule has 0 spiro atoms. The van der Waals surface area contributed by atoms with Crippen molar-refractivity contribution in [3.63, 3.8) is 0 Å². The van der Waals surface area contributed by atoms with Crippen LogP contribution in [0.4, 0.5) is 5.69 Å². The van der Waals surface area contributed by atoms with Crippen LogP contribution in [0.2, 0.25) is 5.02 Å². The average Bonchev–Trinajstić information content (AvgIpc) is 2.74. The molecule has 2 aromatic rings. The normalized spacial score (nSPS) is 12.2. The van der Waals surface area contributed by atoms with Gasteiger partial charge in [-0.05, 0) is 55.7 Å². The molecule has 1 atom stereocenters. The molecule has 0 radical (unpaired) electrons. The van der Waals surface area contributed by atoms with Crippen LogP contribution in [0.3, 0.4) is 0 Å². The lowest BCUT2D eigenvalue weighted by molar-refractivity contribution is -0.139. The number of aryl methyl sites for hydroxylation is 1. The lowest BCUT2D eigenvalue weighted by atomic mass is 10.1. The maximum absolute atomic E-state index is 13.4. The third kappa shape index (κ3) is 6.97. The Morgan fingerprint density at radius 3 is 2.28 bits per heavy atom. The Kier molecular flexibility index (Phi) is 9.09. The highest BCUT2D eigenvalue weighted by Gasteiger charge is 2.30. The van der Waals surface area contributed by atoms with E-state index in [0.29, 0.717) is 17.3 Å². The fourth-order valence-electron chi connectivity index (χ4n) is 3.17. The minimum Gasteiger partial charge on any atom is -0.354 e. The summed E-state index contributed by atoms with van der Waals surface area (Å²) in [5, 5.41) is 3.26. The minimum absolute atomic E-state index is 0.185. The smallest absolute Gasteiger partial charge is 0.244 e. The van der Waals surface area contributed by atoms with Crippen LogP contribution in [0, 0.1) is 6.92 Å². The third-order valence-electron chi connectivity index (χ3n) is 5.11. The van der Waals surface area contributed by atoms with E-state index < -0.39 is 28.5 Å². The zero-order valence-corrected chi connectivity index (χ0v) is 20.4. The molecule has 7 nitrogen and oxygen atoms in total. The first kappa shape index (κ1) is 25.7. The van der Waals surface area contributed by atoms with Crippen molar-refractivity contribution in [2.45, 2.75) is 39.8 Å². The largest absolute Gasteiger partial charge is 0.354 e. The van der Waals surface area contributed by atoms with E-state index in [2.05, 4.69) is 5.32 Å². The standard InChI is InChI=1S/C23H30ClN3O4S/c1-5-14-25-23(29)18(3)26(15-19-9-7-6-8-17(19)2)22(28)16-27(32(4,30)31)21-12-10-20(24)11-13-21/h6-13,18H,5,14-16H2,1-4H3,(H,25,29). The van der Waals surface area contributed by atoms with E-state index in [4.69, 9.17) is 11.6 Å². The number of hydrogen-bond donors (Lipinski definition) is 1. The van der Waals surface area contributed by atoms with Gasteiger partial charge in [0, 0.05) is 18.1 Å². The molecule has 1 unspecified atom stereocenters. The molecular weight excluding hydrogens is 450 g/mol. The molecule has 2 amide bonds. The SMILES string of the molecule is CCCNC(=O)C(C)N(Cc1ccccc1C)C(=O)CN(c1ccc(Cl)cc1)S(C)(=O)=O. The molecule has 0 saturated heterocycles. The molecule has 32 heavy (non-hydrogen) atoms. The van der Waals surface area contributed by atoms with E-state index in [1.54, 1.807) is 31.2 Å². The molecule has 2 aromatic carbocycles. The summed E-state index contributed by atoms with van der Waals surface area (Å²) in [6, 6.07) is 13.0.